The zero-order valence-electron chi connectivity index (χ0n) is 9.06. The second-order valence-electron chi connectivity index (χ2n) is 3.45. The molecule has 0 unspecified atom stereocenters. The zero-order valence-corrected chi connectivity index (χ0v) is 9.06. The minimum atomic E-state index is 0.835. The second-order valence-corrected chi connectivity index (χ2v) is 3.45. The third-order valence-electron chi connectivity index (χ3n) is 2.22. The first-order valence-electron chi connectivity index (χ1n) is 5.38. The topological polar surface area (TPSA) is 38.3 Å². The van der Waals surface area contributed by atoms with Gasteiger partial charge < -0.3 is 14.2 Å². The minimum absolute atomic E-state index is 0.835. The van der Waals surface area contributed by atoms with E-state index in [9.17, 15) is 0 Å². The van der Waals surface area contributed by atoms with E-state index in [0.717, 1.165) is 31.0 Å². The van der Waals surface area contributed by atoms with Crippen molar-refractivity contribution in [3.05, 3.63) is 54.4 Å². The maximum Gasteiger partial charge on any atom is 0.126 e. The van der Waals surface area contributed by atoms with Crippen LogP contribution in [0.15, 0.2) is 51.7 Å². The molecule has 0 amide bonds. The summed E-state index contributed by atoms with van der Waals surface area (Å²) in [7, 11) is 0. The first-order chi connectivity index (χ1) is 7.95. The number of nitrogens with one attached hydrogen (secondary N) is 1. The van der Waals surface area contributed by atoms with Crippen LogP contribution < -0.4 is 5.32 Å². The normalized spacial score (nSPS) is 11.2. The van der Waals surface area contributed by atoms with Crippen LogP contribution in [0, 0.1) is 0 Å². The SMILES string of the molecule is C(=C\c1ccco1)/CNCCc1ccco1. The van der Waals surface area contributed by atoms with Gasteiger partial charge in [0.1, 0.15) is 11.5 Å². The van der Waals surface area contributed by atoms with E-state index in [2.05, 4.69) is 5.32 Å². The van der Waals surface area contributed by atoms with Crippen LogP contribution in [0.2, 0.25) is 0 Å². The summed E-state index contributed by atoms with van der Waals surface area (Å²) in [5.41, 5.74) is 0. The average molecular weight is 217 g/mol. The van der Waals surface area contributed by atoms with Gasteiger partial charge in [0, 0.05) is 19.5 Å². The number of hydrogen-bond acceptors (Lipinski definition) is 3. The summed E-state index contributed by atoms with van der Waals surface area (Å²) in [5.74, 6) is 1.90. The van der Waals surface area contributed by atoms with Gasteiger partial charge in [0.2, 0.25) is 0 Å². The summed E-state index contributed by atoms with van der Waals surface area (Å²) in [5, 5.41) is 3.30. The van der Waals surface area contributed by atoms with Crippen LogP contribution in [-0.2, 0) is 6.42 Å². The molecule has 2 rings (SSSR count). The predicted molar refractivity (Wildman–Crippen MR) is 63.0 cm³/mol. The first-order valence-corrected chi connectivity index (χ1v) is 5.38. The fourth-order valence-electron chi connectivity index (χ4n) is 1.41. The Hall–Kier alpha value is -1.74. The molecular formula is C13H15NO2. The van der Waals surface area contributed by atoms with Crippen LogP contribution in [-0.4, -0.2) is 13.1 Å². The summed E-state index contributed by atoms with van der Waals surface area (Å²) in [6.07, 6.45) is 8.29. The smallest absolute Gasteiger partial charge is 0.126 e. The highest BCUT2D eigenvalue weighted by molar-refractivity contribution is 5.42. The third-order valence-corrected chi connectivity index (χ3v) is 2.22. The van der Waals surface area contributed by atoms with Crippen molar-refractivity contribution in [1.82, 2.24) is 5.32 Å². The highest BCUT2D eigenvalue weighted by Gasteiger charge is 1.93. The van der Waals surface area contributed by atoms with Crippen molar-refractivity contribution in [2.45, 2.75) is 6.42 Å². The molecule has 2 heterocycles. The number of rotatable bonds is 6. The molecule has 3 heteroatoms. The maximum absolute atomic E-state index is 5.23. The molecule has 0 atom stereocenters. The molecule has 0 aliphatic heterocycles. The summed E-state index contributed by atoms with van der Waals surface area (Å²) < 4.78 is 10.4. The van der Waals surface area contributed by atoms with E-state index in [-0.39, 0.29) is 0 Å². The Kier molecular flexibility index (Phi) is 4.02. The molecule has 0 spiro atoms. The lowest BCUT2D eigenvalue weighted by Gasteiger charge is -1.98. The van der Waals surface area contributed by atoms with Crippen molar-refractivity contribution in [3.63, 3.8) is 0 Å². The van der Waals surface area contributed by atoms with Gasteiger partial charge in [0.15, 0.2) is 0 Å². The molecule has 84 valence electrons. The molecule has 0 radical (unpaired) electrons. The van der Waals surface area contributed by atoms with E-state index < -0.39 is 0 Å². The Morgan fingerprint density at radius 2 is 2.00 bits per heavy atom. The lowest BCUT2D eigenvalue weighted by atomic mass is 10.3. The van der Waals surface area contributed by atoms with Crippen LogP contribution in [0.25, 0.3) is 6.08 Å². The Morgan fingerprint density at radius 3 is 2.75 bits per heavy atom. The van der Waals surface area contributed by atoms with Crippen molar-refractivity contribution in [1.29, 1.82) is 0 Å². The fraction of sp³-hybridized carbons (Fsp3) is 0.231. The Morgan fingerprint density at radius 1 is 1.12 bits per heavy atom. The summed E-state index contributed by atoms with van der Waals surface area (Å²) >= 11 is 0. The van der Waals surface area contributed by atoms with Gasteiger partial charge in [0.25, 0.3) is 0 Å². The van der Waals surface area contributed by atoms with Crippen LogP contribution in [0.3, 0.4) is 0 Å². The van der Waals surface area contributed by atoms with E-state index >= 15 is 0 Å². The molecule has 0 saturated heterocycles. The monoisotopic (exact) mass is 217 g/mol. The van der Waals surface area contributed by atoms with Gasteiger partial charge in [0.05, 0.1) is 12.5 Å². The van der Waals surface area contributed by atoms with Gasteiger partial charge in [-0.25, -0.2) is 0 Å². The lowest BCUT2D eigenvalue weighted by molar-refractivity contribution is 0.502. The fourth-order valence-corrected chi connectivity index (χ4v) is 1.41. The Bertz CT molecular complexity index is 401. The Balaban J connectivity index is 1.59. The van der Waals surface area contributed by atoms with Crippen molar-refractivity contribution < 1.29 is 8.83 Å². The number of hydrogen-bond donors (Lipinski definition) is 1. The first kappa shape index (κ1) is 10.8. The number of furan rings is 2. The van der Waals surface area contributed by atoms with Gasteiger partial charge in [-0.15, -0.1) is 0 Å². The van der Waals surface area contributed by atoms with E-state index in [4.69, 9.17) is 8.83 Å². The molecular weight excluding hydrogens is 202 g/mol. The van der Waals surface area contributed by atoms with E-state index in [1.807, 2.05) is 36.4 Å². The molecule has 16 heavy (non-hydrogen) atoms. The lowest BCUT2D eigenvalue weighted by Crippen LogP contribution is -2.16. The Labute approximate surface area is 94.8 Å². The van der Waals surface area contributed by atoms with Crippen LogP contribution in [0.4, 0.5) is 0 Å². The van der Waals surface area contributed by atoms with Gasteiger partial charge in [-0.2, -0.15) is 0 Å². The van der Waals surface area contributed by atoms with Crippen LogP contribution >= 0.6 is 0 Å². The predicted octanol–water partition coefficient (Wildman–Crippen LogP) is 2.72. The van der Waals surface area contributed by atoms with Crippen molar-refractivity contribution in [2.75, 3.05) is 13.1 Å². The van der Waals surface area contributed by atoms with Crippen LogP contribution in [0.5, 0.6) is 0 Å². The van der Waals surface area contributed by atoms with Crippen molar-refractivity contribution in [2.24, 2.45) is 0 Å². The molecule has 0 aliphatic rings. The largest absolute Gasteiger partial charge is 0.469 e. The molecule has 1 N–H and O–H groups in total. The second kappa shape index (κ2) is 5.98. The average Bonchev–Trinajstić information content (AvgIpc) is 2.96. The summed E-state index contributed by atoms with van der Waals surface area (Å²) in [4.78, 5) is 0. The quantitative estimate of drug-likeness (QED) is 0.756. The van der Waals surface area contributed by atoms with E-state index in [1.54, 1.807) is 12.5 Å². The van der Waals surface area contributed by atoms with Gasteiger partial charge >= 0.3 is 0 Å². The van der Waals surface area contributed by atoms with Crippen LogP contribution in [0.1, 0.15) is 11.5 Å². The maximum atomic E-state index is 5.23. The van der Waals surface area contributed by atoms with Crippen molar-refractivity contribution >= 4 is 6.08 Å². The standard InChI is InChI=1S/C13H15NO2/c1(4-12-5-2-10-15-12)8-14-9-7-13-6-3-11-16-13/h1-6,10-11,14H,7-9H2/b4-1+. The van der Waals surface area contributed by atoms with E-state index in [1.165, 1.54) is 0 Å². The van der Waals surface area contributed by atoms with Gasteiger partial charge in [-0.1, -0.05) is 6.08 Å². The molecule has 0 fully saturated rings. The van der Waals surface area contributed by atoms with Gasteiger partial charge in [-0.05, 0) is 30.3 Å². The summed E-state index contributed by atoms with van der Waals surface area (Å²) in [6.45, 7) is 1.75. The third kappa shape index (κ3) is 3.44. The van der Waals surface area contributed by atoms with Gasteiger partial charge in [-0.3, -0.25) is 0 Å². The molecule has 2 aromatic heterocycles. The molecule has 0 aliphatic carbocycles. The zero-order chi connectivity index (χ0) is 11.1. The highest BCUT2D eigenvalue weighted by Crippen LogP contribution is 2.01. The summed E-state index contributed by atoms with van der Waals surface area (Å²) in [6, 6.07) is 7.70. The minimum Gasteiger partial charge on any atom is -0.469 e. The molecule has 0 aromatic carbocycles. The van der Waals surface area contributed by atoms with E-state index in [0.29, 0.717) is 0 Å². The molecule has 3 nitrogen and oxygen atoms in total. The van der Waals surface area contributed by atoms with Crippen molar-refractivity contribution in [3.8, 4) is 0 Å². The molecule has 0 bridgehead atoms. The highest BCUT2D eigenvalue weighted by atomic mass is 16.3. The molecule has 0 saturated carbocycles. The molecule has 2 aromatic rings.